The molecule has 1 amide bonds. The van der Waals surface area contributed by atoms with E-state index >= 15 is 0 Å². The van der Waals surface area contributed by atoms with Crippen LogP contribution in [0.4, 0.5) is 0 Å². The van der Waals surface area contributed by atoms with E-state index in [-0.39, 0.29) is 23.1 Å². The Hall–Kier alpha value is -2.50. The normalized spacial score (nSPS) is 11.0. The quantitative estimate of drug-likeness (QED) is 0.730. The molecule has 0 spiro atoms. The summed E-state index contributed by atoms with van der Waals surface area (Å²) in [6.07, 6.45) is -0.0343. The molecule has 25 heavy (non-hydrogen) atoms. The number of rotatable bonds is 3. The lowest BCUT2D eigenvalue weighted by molar-refractivity contribution is -0.117. The minimum atomic E-state index is -0.521. The minimum absolute atomic E-state index is 0.0343. The minimum Gasteiger partial charge on any atom is -0.508 e. The summed E-state index contributed by atoms with van der Waals surface area (Å²) in [7, 11) is 0. The van der Waals surface area contributed by atoms with Gasteiger partial charge in [-0.25, -0.2) is 0 Å². The Morgan fingerprint density at radius 1 is 1.12 bits per heavy atom. The number of nitrogens with zero attached hydrogens (tertiary/aromatic N) is 1. The van der Waals surface area contributed by atoms with Gasteiger partial charge in [0.15, 0.2) is 0 Å². The van der Waals surface area contributed by atoms with Crippen LogP contribution in [0, 0.1) is 6.92 Å². The van der Waals surface area contributed by atoms with Gasteiger partial charge in [-0.1, -0.05) is 23.2 Å². The van der Waals surface area contributed by atoms with Crippen molar-refractivity contribution in [3.63, 3.8) is 0 Å². The van der Waals surface area contributed by atoms with E-state index in [0.29, 0.717) is 32.7 Å². The standard InChI is InChI=1S/C18H14Cl2N2O3/c1-9-12(8-17(21)24)13-7-11(23)3-5-16(13)22(9)18(25)10-2-4-14(19)15(20)6-10/h2-7,23H,8H2,1H3,(H2,21,24). The zero-order chi connectivity index (χ0) is 18.3. The number of primary amides is 1. The van der Waals surface area contributed by atoms with Gasteiger partial charge in [-0.2, -0.15) is 0 Å². The fraction of sp³-hybridized carbons (Fsp3) is 0.111. The molecule has 0 saturated heterocycles. The number of aromatic nitrogens is 1. The van der Waals surface area contributed by atoms with Gasteiger partial charge in [0.25, 0.3) is 5.91 Å². The maximum atomic E-state index is 13.0. The van der Waals surface area contributed by atoms with Crippen molar-refractivity contribution >= 4 is 45.9 Å². The smallest absolute Gasteiger partial charge is 0.262 e. The monoisotopic (exact) mass is 376 g/mol. The fourth-order valence-corrected chi connectivity index (χ4v) is 3.19. The number of fused-ring (bicyclic) bond motifs is 1. The van der Waals surface area contributed by atoms with Crippen molar-refractivity contribution in [2.45, 2.75) is 13.3 Å². The number of amides is 1. The van der Waals surface area contributed by atoms with Crippen LogP contribution in [-0.2, 0) is 11.2 Å². The largest absolute Gasteiger partial charge is 0.508 e. The molecule has 0 unspecified atom stereocenters. The zero-order valence-electron chi connectivity index (χ0n) is 13.2. The van der Waals surface area contributed by atoms with Crippen molar-refractivity contribution in [3.05, 3.63) is 63.3 Å². The van der Waals surface area contributed by atoms with Crippen LogP contribution in [0.25, 0.3) is 10.9 Å². The molecule has 0 atom stereocenters. The summed E-state index contributed by atoms with van der Waals surface area (Å²) < 4.78 is 1.48. The second kappa shape index (κ2) is 6.43. The molecular weight excluding hydrogens is 363 g/mol. The first-order valence-corrected chi connectivity index (χ1v) is 8.16. The summed E-state index contributed by atoms with van der Waals surface area (Å²) >= 11 is 11.9. The number of halogens is 2. The molecule has 3 N–H and O–H groups in total. The molecule has 3 rings (SSSR count). The fourth-order valence-electron chi connectivity index (χ4n) is 2.89. The Balaban J connectivity index is 2.24. The number of benzene rings is 2. The van der Waals surface area contributed by atoms with Gasteiger partial charge in [-0.15, -0.1) is 0 Å². The van der Waals surface area contributed by atoms with Crippen molar-refractivity contribution in [2.24, 2.45) is 5.73 Å². The van der Waals surface area contributed by atoms with E-state index in [1.54, 1.807) is 25.1 Å². The third-order valence-corrected chi connectivity index (χ3v) is 4.78. The highest BCUT2D eigenvalue weighted by Gasteiger charge is 2.21. The molecule has 0 saturated carbocycles. The molecular formula is C18H14Cl2N2O3. The van der Waals surface area contributed by atoms with Gasteiger partial charge in [0.2, 0.25) is 5.91 Å². The third-order valence-electron chi connectivity index (χ3n) is 4.04. The van der Waals surface area contributed by atoms with Crippen molar-refractivity contribution in [3.8, 4) is 5.75 Å². The molecule has 0 bridgehead atoms. The molecule has 0 fully saturated rings. The van der Waals surface area contributed by atoms with E-state index in [4.69, 9.17) is 28.9 Å². The summed E-state index contributed by atoms with van der Waals surface area (Å²) in [6, 6.07) is 9.24. The lowest BCUT2D eigenvalue weighted by Crippen LogP contribution is -2.16. The van der Waals surface area contributed by atoms with Crippen LogP contribution in [0.1, 0.15) is 21.6 Å². The Morgan fingerprint density at radius 2 is 1.84 bits per heavy atom. The summed E-state index contributed by atoms with van der Waals surface area (Å²) in [6.45, 7) is 1.73. The molecule has 2 aromatic carbocycles. The second-order valence-electron chi connectivity index (χ2n) is 5.68. The van der Waals surface area contributed by atoms with E-state index in [0.717, 1.165) is 0 Å². The average Bonchev–Trinajstić information content (AvgIpc) is 2.81. The first-order chi connectivity index (χ1) is 11.8. The highest BCUT2D eigenvalue weighted by molar-refractivity contribution is 6.42. The maximum Gasteiger partial charge on any atom is 0.262 e. The molecule has 128 valence electrons. The average molecular weight is 377 g/mol. The van der Waals surface area contributed by atoms with Gasteiger partial charge >= 0.3 is 0 Å². The van der Waals surface area contributed by atoms with Gasteiger partial charge in [-0.05, 0) is 48.9 Å². The van der Waals surface area contributed by atoms with Gasteiger partial charge in [0.05, 0.1) is 22.0 Å². The van der Waals surface area contributed by atoms with Gasteiger partial charge in [0, 0.05) is 16.6 Å². The maximum absolute atomic E-state index is 13.0. The molecule has 0 aliphatic carbocycles. The summed E-state index contributed by atoms with van der Waals surface area (Å²) in [5.74, 6) is -0.799. The van der Waals surface area contributed by atoms with E-state index in [1.165, 1.54) is 22.8 Å². The third kappa shape index (κ3) is 3.08. The van der Waals surface area contributed by atoms with Crippen LogP contribution >= 0.6 is 23.2 Å². The van der Waals surface area contributed by atoms with Gasteiger partial charge in [-0.3, -0.25) is 14.2 Å². The number of nitrogens with two attached hydrogens (primary N) is 1. The predicted octanol–water partition coefficient (Wildman–Crippen LogP) is 3.68. The molecule has 5 nitrogen and oxygen atoms in total. The molecule has 1 heterocycles. The highest BCUT2D eigenvalue weighted by Crippen LogP contribution is 2.31. The number of carbonyl (C=O) groups is 2. The number of phenolic OH excluding ortho intramolecular Hbond substituents is 1. The molecule has 1 aromatic heterocycles. The van der Waals surface area contributed by atoms with Crippen molar-refractivity contribution in [1.29, 1.82) is 0 Å². The lowest BCUT2D eigenvalue weighted by Gasteiger charge is -2.08. The number of phenols is 1. The van der Waals surface area contributed by atoms with Crippen LogP contribution in [-0.4, -0.2) is 21.5 Å². The van der Waals surface area contributed by atoms with Crippen molar-refractivity contribution in [1.82, 2.24) is 4.57 Å². The molecule has 3 aromatic rings. The van der Waals surface area contributed by atoms with E-state index < -0.39 is 5.91 Å². The lowest BCUT2D eigenvalue weighted by atomic mass is 10.1. The molecule has 0 radical (unpaired) electrons. The number of carbonyl (C=O) groups excluding carboxylic acids is 2. The SMILES string of the molecule is Cc1c(CC(N)=O)c2cc(O)ccc2n1C(=O)c1ccc(Cl)c(Cl)c1. The van der Waals surface area contributed by atoms with E-state index in [2.05, 4.69) is 0 Å². The Bertz CT molecular complexity index is 1020. The van der Waals surface area contributed by atoms with Crippen LogP contribution < -0.4 is 5.73 Å². The summed E-state index contributed by atoms with van der Waals surface area (Å²) in [5, 5.41) is 11.0. The van der Waals surface area contributed by atoms with E-state index in [9.17, 15) is 14.7 Å². The van der Waals surface area contributed by atoms with Crippen LogP contribution in [0.3, 0.4) is 0 Å². The Labute approximate surface area is 153 Å². The Morgan fingerprint density at radius 3 is 2.48 bits per heavy atom. The molecule has 0 aliphatic heterocycles. The van der Waals surface area contributed by atoms with Crippen molar-refractivity contribution < 1.29 is 14.7 Å². The van der Waals surface area contributed by atoms with Crippen LogP contribution in [0.5, 0.6) is 5.75 Å². The Kier molecular flexibility index (Phi) is 4.45. The molecule has 7 heteroatoms. The number of aromatic hydroxyl groups is 1. The second-order valence-corrected chi connectivity index (χ2v) is 6.49. The predicted molar refractivity (Wildman–Crippen MR) is 97.4 cm³/mol. The number of hydrogen-bond donors (Lipinski definition) is 2. The van der Waals surface area contributed by atoms with Crippen LogP contribution in [0.15, 0.2) is 36.4 Å². The zero-order valence-corrected chi connectivity index (χ0v) is 14.7. The van der Waals surface area contributed by atoms with E-state index in [1.807, 2.05) is 0 Å². The summed E-state index contributed by atoms with van der Waals surface area (Å²) in [4.78, 5) is 24.4. The molecule has 0 aliphatic rings. The number of hydrogen-bond acceptors (Lipinski definition) is 3. The summed E-state index contributed by atoms with van der Waals surface area (Å²) in [5.41, 5.74) is 7.44. The van der Waals surface area contributed by atoms with Crippen molar-refractivity contribution in [2.75, 3.05) is 0 Å². The van der Waals surface area contributed by atoms with Crippen LogP contribution in [0.2, 0.25) is 10.0 Å². The van der Waals surface area contributed by atoms with Gasteiger partial charge < -0.3 is 10.8 Å². The topological polar surface area (TPSA) is 85.3 Å². The first kappa shape index (κ1) is 17.3. The van der Waals surface area contributed by atoms with Gasteiger partial charge in [0.1, 0.15) is 5.75 Å². The first-order valence-electron chi connectivity index (χ1n) is 7.40. The highest BCUT2D eigenvalue weighted by atomic mass is 35.5.